The molecule has 0 aliphatic carbocycles. The van der Waals surface area contributed by atoms with Crippen molar-refractivity contribution in [1.82, 2.24) is 9.88 Å². The minimum atomic E-state index is -0.285. The quantitative estimate of drug-likeness (QED) is 0.595. The van der Waals surface area contributed by atoms with Crippen LogP contribution in [-0.2, 0) is 0 Å². The number of nitrogens with one attached hydrogen (secondary N) is 1. The fraction of sp³-hybridized carbons (Fsp3) is 0.250. The van der Waals surface area contributed by atoms with E-state index < -0.39 is 0 Å². The first-order valence-electron chi connectivity index (χ1n) is 10.1. The van der Waals surface area contributed by atoms with Crippen LogP contribution in [0.4, 0.5) is 10.3 Å². The lowest BCUT2D eigenvalue weighted by molar-refractivity contribution is 0.255. The van der Waals surface area contributed by atoms with Gasteiger partial charge in [0.05, 0.1) is 6.04 Å². The standard InChI is InChI=1S/C24H23FN4O/c25-20-11-8-18(9-12-20)10-13-23-28-21(16-26)24(30-23)27-17-22(29-14-4-5-15-29)19-6-2-1-3-7-19/h1-3,6-13,22,27H,4-5,14-15,17H2/b13-10+. The van der Waals surface area contributed by atoms with Crippen LogP contribution >= 0.6 is 0 Å². The smallest absolute Gasteiger partial charge is 0.232 e. The second-order valence-electron chi connectivity index (χ2n) is 7.28. The first-order valence-corrected chi connectivity index (χ1v) is 10.1. The number of hydrogen-bond donors (Lipinski definition) is 1. The fourth-order valence-corrected chi connectivity index (χ4v) is 3.72. The van der Waals surface area contributed by atoms with Crippen molar-refractivity contribution in [2.45, 2.75) is 18.9 Å². The average Bonchev–Trinajstić information content (AvgIpc) is 3.44. The lowest BCUT2D eigenvalue weighted by Gasteiger charge is -2.28. The summed E-state index contributed by atoms with van der Waals surface area (Å²) in [6.45, 7) is 2.75. The van der Waals surface area contributed by atoms with Crippen LogP contribution in [0, 0.1) is 17.1 Å². The van der Waals surface area contributed by atoms with Crippen LogP contribution in [0.5, 0.6) is 0 Å². The maximum atomic E-state index is 13.0. The van der Waals surface area contributed by atoms with Gasteiger partial charge in [0.25, 0.3) is 0 Å². The zero-order chi connectivity index (χ0) is 20.8. The molecule has 4 rings (SSSR count). The molecule has 30 heavy (non-hydrogen) atoms. The Balaban J connectivity index is 1.49. The maximum absolute atomic E-state index is 13.0. The third-order valence-electron chi connectivity index (χ3n) is 5.26. The molecule has 0 spiro atoms. The molecule has 3 aromatic rings. The summed E-state index contributed by atoms with van der Waals surface area (Å²) in [5, 5.41) is 12.7. The molecule has 1 fully saturated rings. The van der Waals surface area contributed by atoms with Crippen molar-refractivity contribution in [3.8, 4) is 6.07 Å². The Labute approximate surface area is 175 Å². The molecule has 1 aromatic heterocycles. The van der Waals surface area contributed by atoms with Gasteiger partial charge >= 0.3 is 0 Å². The Kier molecular flexibility index (Phi) is 6.21. The lowest BCUT2D eigenvalue weighted by atomic mass is 10.1. The number of hydrogen-bond acceptors (Lipinski definition) is 5. The molecule has 0 saturated carbocycles. The fourth-order valence-electron chi connectivity index (χ4n) is 3.72. The predicted molar refractivity (Wildman–Crippen MR) is 115 cm³/mol. The molecule has 0 bridgehead atoms. The molecule has 2 aromatic carbocycles. The van der Waals surface area contributed by atoms with E-state index in [0.29, 0.717) is 18.3 Å². The Morgan fingerprint density at radius 3 is 2.53 bits per heavy atom. The molecule has 5 nitrogen and oxygen atoms in total. The number of aromatic nitrogens is 1. The van der Waals surface area contributed by atoms with Gasteiger partial charge in [0.2, 0.25) is 17.5 Å². The Hall–Kier alpha value is -3.43. The monoisotopic (exact) mass is 402 g/mol. The first kappa shape index (κ1) is 19.9. The molecule has 1 N–H and O–H groups in total. The molecule has 0 radical (unpaired) electrons. The number of oxazole rings is 1. The first-order chi connectivity index (χ1) is 14.7. The van der Waals surface area contributed by atoms with Crippen LogP contribution in [0.2, 0.25) is 0 Å². The lowest BCUT2D eigenvalue weighted by Crippen LogP contribution is -2.31. The maximum Gasteiger partial charge on any atom is 0.232 e. The Morgan fingerprint density at radius 2 is 1.83 bits per heavy atom. The van der Waals surface area contributed by atoms with Crippen LogP contribution in [0.3, 0.4) is 0 Å². The molecule has 6 heteroatoms. The molecule has 0 amide bonds. The number of nitriles is 1. The van der Waals surface area contributed by atoms with Gasteiger partial charge in [0.15, 0.2) is 0 Å². The number of benzene rings is 2. The predicted octanol–water partition coefficient (Wildman–Crippen LogP) is 5.10. The number of likely N-dealkylation sites (tertiary alicyclic amines) is 1. The van der Waals surface area contributed by atoms with E-state index in [1.165, 1.54) is 30.5 Å². The summed E-state index contributed by atoms with van der Waals surface area (Å²) in [6, 6.07) is 18.8. The topological polar surface area (TPSA) is 65.1 Å². The third kappa shape index (κ3) is 4.76. The van der Waals surface area contributed by atoms with Gasteiger partial charge in [-0.15, -0.1) is 0 Å². The molecule has 2 heterocycles. The van der Waals surface area contributed by atoms with Crippen LogP contribution in [0.1, 0.15) is 41.6 Å². The molecule has 1 unspecified atom stereocenters. The van der Waals surface area contributed by atoms with Gasteiger partial charge in [-0.2, -0.15) is 10.2 Å². The second kappa shape index (κ2) is 9.38. The molecular weight excluding hydrogens is 379 g/mol. The van der Waals surface area contributed by atoms with Crippen molar-refractivity contribution in [2.24, 2.45) is 0 Å². The highest BCUT2D eigenvalue weighted by molar-refractivity contribution is 5.67. The SMILES string of the molecule is N#Cc1nc(/C=C/c2ccc(F)cc2)oc1NCC(c1ccccc1)N1CCCC1. The summed E-state index contributed by atoms with van der Waals surface area (Å²) in [7, 11) is 0. The minimum Gasteiger partial charge on any atom is -0.420 e. The van der Waals surface area contributed by atoms with E-state index in [0.717, 1.165) is 18.7 Å². The van der Waals surface area contributed by atoms with E-state index in [1.54, 1.807) is 24.3 Å². The summed E-state index contributed by atoms with van der Waals surface area (Å²) in [5.41, 5.74) is 2.28. The summed E-state index contributed by atoms with van der Waals surface area (Å²) in [4.78, 5) is 6.70. The highest BCUT2D eigenvalue weighted by Crippen LogP contribution is 2.27. The average molecular weight is 402 g/mol. The molecule has 1 aliphatic rings. The Morgan fingerprint density at radius 1 is 1.10 bits per heavy atom. The van der Waals surface area contributed by atoms with Crippen molar-refractivity contribution >= 4 is 18.0 Å². The van der Waals surface area contributed by atoms with E-state index in [4.69, 9.17) is 4.42 Å². The molecule has 1 saturated heterocycles. The normalized spacial score (nSPS) is 15.3. The molecule has 1 aliphatic heterocycles. The summed E-state index contributed by atoms with van der Waals surface area (Å²) < 4.78 is 18.8. The van der Waals surface area contributed by atoms with E-state index in [-0.39, 0.29) is 17.6 Å². The van der Waals surface area contributed by atoms with Gasteiger partial charge in [-0.3, -0.25) is 4.90 Å². The van der Waals surface area contributed by atoms with Gasteiger partial charge in [0, 0.05) is 12.6 Å². The van der Waals surface area contributed by atoms with Gasteiger partial charge in [0.1, 0.15) is 11.9 Å². The van der Waals surface area contributed by atoms with Crippen LogP contribution < -0.4 is 5.32 Å². The number of rotatable bonds is 7. The van der Waals surface area contributed by atoms with Crippen molar-refractivity contribution in [2.75, 3.05) is 25.0 Å². The van der Waals surface area contributed by atoms with Gasteiger partial charge in [-0.25, -0.2) is 4.39 Å². The van der Waals surface area contributed by atoms with Crippen molar-refractivity contribution in [3.05, 3.63) is 83.1 Å². The summed E-state index contributed by atoms with van der Waals surface area (Å²) >= 11 is 0. The second-order valence-corrected chi connectivity index (χ2v) is 7.28. The van der Waals surface area contributed by atoms with Crippen molar-refractivity contribution < 1.29 is 8.81 Å². The molecule has 152 valence electrons. The van der Waals surface area contributed by atoms with Crippen LogP contribution in [0.15, 0.2) is 59.0 Å². The molecule has 1 atom stereocenters. The number of anilines is 1. The third-order valence-corrected chi connectivity index (χ3v) is 5.26. The number of halogens is 1. The van der Waals surface area contributed by atoms with E-state index in [9.17, 15) is 9.65 Å². The number of nitrogens with zero attached hydrogens (tertiary/aromatic N) is 3. The zero-order valence-electron chi connectivity index (χ0n) is 16.6. The van der Waals surface area contributed by atoms with Gasteiger partial charge < -0.3 is 9.73 Å². The van der Waals surface area contributed by atoms with Gasteiger partial charge in [-0.05, 0) is 55.3 Å². The van der Waals surface area contributed by atoms with Crippen molar-refractivity contribution in [1.29, 1.82) is 5.26 Å². The molecular formula is C24H23FN4O. The summed E-state index contributed by atoms with van der Waals surface area (Å²) in [5.74, 6) is 0.416. The van der Waals surface area contributed by atoms with Crippen LogP contribution in [-0.4, -0.2) is 29.5 Å². The summed E-state index contributed by atoms with van der Waals surface area (Å²) in [6.07, 6.45) is 5.85. The van der Waals surface area contributed by atoms with Crippen LogP contribution in [0.25, 0.3) is 12.2 Å². The van der Waals surface area contributed by atoms with Gasteiger partial charge in [-0.1, -0.05) is 42.5 Å². The highest BCUT2D eigenvalue weighted by atomic mass is 19.1. The van der Waals surface area contributed by atoms with Crippen molar-refractivity contribution in [3.63, 3.8) is 0 Å². The zero-order valence-corrected chi connectivity index (χ0v) is 16.6. The highest BCUT2D eigenvalue weighted by Gasteiger charge is 2.24. The largest absolute Gasteiger partial charge is 0.420 e. The minimum absolute atomic E-state index is 0.198. The van der Waals surface area contributed by atoms with E-state index in [2.05, 4.69) is 33.4 Å². The van der Waals surface area contributed by atoms with E-state index >= 15 is 0 Å². The Bertz CT molecular complexity index is 1030. The van der Waals surface area contributed by atoms with E-state index in [1.807, 2.05) is 18.2 Å².